The molecule has 1 aromatic rings. The highest BCUT2D eigenvalue weighted by Gasteiger charge is 2.22. The number of aliphatic hydroxyl groups is 1. The average Bonchev–Trinajstić information content (AvgIpc) is 2.55. The van der Waals surface area contributed by atoms with Gasteiger partial charge in [-0.15, -0.1) is 0 Å². The zero-order valence-corrected chi connectivity index (χ0v) is 8.50. The fourth-order valence-electron chi connectivity index (χ4n) is 1.75. The van der Waals surface area contributed by atoms with Crippen LogP contribution in [0.25, 0.3) is 5.57 Å². The number of nitrogens with zero attached hydrogens (tertiary/aromatic N) is 1. The fourth-order valence-corrected chi connectivity index (χ4v) is 1.75. The molecule has 16 heavy (non-hydrogen) atoms. The minimum absolute atomic E-state index is 0.108. The second-order valence-corrected chi connectivity index (χ2v) is 3.69. The zero-order chi connectivity index (χ0) is 11.7. The summed E-state index contributed by atoms with van der Waals surface area (Å²) in [6.45, 7) is 0. The van der Waals surface area contributed by atoms with E-state index in [9.17, 15) is 9.90 Å². The number of benzene rings is 1. The maximum atomic E-state index is 10.7. The third-order valence-corrected chi connectivity index (χ3v) is 2.58. The molecule has 0 radical (unpaired) electrons. The van der Waals surface area contributed by atoms with Gasteiger partial charge in [0, 0.05) is 5.22 Å². The molecule has 2 rings (SSSR count). The SMILES string of the molecule is NC(CC1=c2ccccc2=NC1O)C(=O)O. The van der Waals surface area contributed by atoms with Crippen molar-refractivity contribution < 1.29 is 15.0 Å². The first-order valence-corrected chi connectivity index (χ1v) is 4.92. The first kappa shape index (κ1) is 10.8. The number of carboxylic acid groups (broad SMARTS) is 1. The molecule has 2 unspecified atom stereocenters. The van der Waals surface area contributed by atoms with Gasteiger partial charge >= 0.3 is 5.97 Å². The third-order valence-electron chi connectivity index (χ3n) is 2.58. The number of carbonyl (C=O) groups is 1. The summed E-state index contributed by atoms with van der Waals surface area (Å²) in [5.74, 6) is -1.08. The van der Waals surface area contributed by atoms with Gasteiger partial charge in [-0.3, -0.25) is 4.79 Å². The van der Waals surface area contributed by atoms with Crippen LogP contribution in [0.5, 0.6) is 0 Å². The normalized spacial score (nSPS) is 20.1. The maximum absolute atomic E-state index is 10.7. The van der Waals surface area contributed by atoms with Crippen molar-refractivity contribution in [2.24, 2.45) is 10.7 Å². The summed E-state index contributed by atoms with van der Waals surface area (Å²) in [6.07, 6.45) is -0.861. The van der Waals surface area contributed by atoms with Gasteiger partial charge in [0.2, 0.25) is 0 Å². The minimum atomic E-state index is -1.08. The topological polar surface area (TPSA) is 95.9 Å². The van der Waals surface area contributed by atoms with Gasteiger partial charge in [-0.25, -0.2) is 4.99 Å². The molecule has 0 saturated carbocycles. The van der Waals surface area contributed by atoms with Gasteiger partial charge in [0.25, 0.3) is 0 Å². The Hall–Kier alpha value is -1.72. The highest BCUT2D eigenvalue weighted by Crippen LogP contribution is 2.12. The standard InChI is InChI=1S/C11H12N2O3/c12-8(11(15)16)5-7-6-3-1-2-4-9(6)13-10(7)14/h1-4,8,10,14H,5,12H2,(H,15,16). The van der Waals surface area contributed by atoms with E-state index in [4.69, 9.17) is 10.8 Å². The molecule has 1 aliphatic heterocycles. The van der Waals surface area contributed by atoms with Gasteiger partial charge in [-0.1, -0.05) is 18.2 Å². The number of aliphatic carboxylic acids is 1. The van der Waals surface area contributed by atoms with Crippen LogP contribution >= 0.6 is 0 Å². The number of para-hydroxylation sites is 1. The van der Waals surface area contributed by atoms with Gasteiger partial charge in [-0.2, -0.15) is 0 Å². The first-order chi connectivity index (χ1) is 7.59. The highest BCUT2D eigenvalue weighted by molar-refractivity contribution is 5.75. The molecule has 0 aliphatic carbocycles. The van der Waals surface area contributed by atoms with Crippen LogP contribution in [-0.4, -0.2) is 28.5 Å². The van der Waals surface area contributed by atoms with Crippen LogP contribution in [-0.2, 0) is 4.79 Å². The maximum Gasteiger partial charge on any atom is 0.320 e. The molecule has 0 aromatic heterocycles. The quantitative estimate of drug-likeness (QED) is 0.583. The lowest BCUT2D eigenvalue weighted by molar-refractivity contribution is -0.138. The number of carboxylic acids is 1. The second-order valence-electron chi connectivity index (χ2n) is 3.69. The van der Waals surface area contributed by atoms with E-state index in [1.54, 1.807) is 12.1 Å². The highest BCUT2D eigenvalue weighted by atomic mass is 16.4. The monoisotopic (exact) mass is 220 g/mol. The summed E-state index contributed by atoms with van der Waals surface area (Å²) in [6, 6.07) is 6.20. The third kappa shape index (κ3) is 1.82. The molecule has 84 valence electrons. The van der Waals surface area contributed by atoms with E-state index in [1.807, 2.05) is 12.1 Å². The van der Waals surface area contributed by atoms with Crippen molar-refractivity contribution in [3.8, 4) is 0 Å². The lowest BCUT2D eigenvalue weighted by Crippen LogP contribution is -2.33. The van der Waals surface area contributed by atoms with E-state index < -0.39 is 18.2 Å². The van der Waals surface area contributed by atoms with Crippen LogP contribution in [0.3, 0.4) is 0 Å². The molecule has 0 spiro atoms. The number of aliphatic hydroxyl groups excluding tert-OH is 1. The fraction of sp³-hybridized carbons (Fsp3) is 0.273. The molecule has 5 heteroatoms. The molecule has 2 atom stereocenters. The van der Waals surface area contributed by atoms with E-state index in [2.05, 4.69) is 4.99 Å². The molecule has 1 heterocycles. The van der Waals surface area contributed by atoms with Gasteiger partial charge in [0.1, 0.15) is 6.04 Å². The summed E-state index contributed by atoms with van der Waals surface area (Å²) < 4.78 is 0. The Morgan fingerprint density at radius 2 is 2.19 bits per heavy atom. The lowest BCUT2D eigenvalue weighted by atomic mass is 10.0. The van der Waals surface area contributed by atoms with Crippen molar-refractivity contribution in [1.82, 2.24) is 0 Å². The van der Waals surface area contributed by atoms with Crippen LogP contribution in [0.4, 0.5) is 0 Å². The zero-order valence-electron chi connectivity index (χ0n) is 8.50. The van der Waals surface area contributed by atoms with Crippen LogP contribution in [0.15, 0.2) is 29.3 Å². The lowest BCUT2D eigenvalue weighted by Gasteiger charge is -2.10. The molecule has 0 amide bonds. The van der Waals surface area contributed by atoms with Crippen LogP contribution in [0.1, 0.15) is 6.42 Å². The van der Waals surface area contributed by atoms with E-state index in [0.29, 0.717) is 10.9 Å². The van der Waals surface area contributed by atoms with Gasteiger partial charge in [-0.05, 0) is 18.1 Å². The second kappa shape index (κ2) is 4.03. The van der Waals surface area contributed by atoms with E-state index in [1.165, 1.54) is 0 Å². The predicted molar refractivity (Wildman–Crippen MR) is 56.9 cm³/mol. The number of nitrogens with two attached hydrogens (primary N) is 1. The molecule has 5 nitrogen and oxygen atoms in total. The van der Waals surface area contributed by atoms with Crippen molar-refractivity contribution in [1.29, 1.82) is 0 Å². The first-order valence-electron chi connectivity index (χ1n) is 4.92. The Balaban J connectivity index is 2.42. The largest absolute Gasteiger partial charge is 0.480 e. The van der Waals surface area contributed by atoms with Crippen LogP contribution in [0.2, 0.25) is 0 Å². The summed E-state index contributed by atoms with van der Waals surface area (Å²) in [5, 5.41) is 19.9. The summed E-state index contributed by atoms with van der Waals surface area (Å²) in [4.78, 5) is 14.7. The number of fused-ring (bicyclic) bond motifs is 1. The summed E-state index contributed by atoms with van der Waals surface area (Å²) in [5.41, 5.74) is 6.02. The Morgan fingerprint density at radius 1 is 1.50 bits per heavy atom. The number of hydrogen-bond acceptors (Lipinski definition) is 4. The van der Waals surface area contributed by atoms with Crippen molar-refractivity contribution in [3.05, 3.63) is 34.8 Å². The number of rotatable bonds is 3. The van der Waals surface area contributed by atoms with Gasteiger partial charge in [0.15, 0.2) is 6.23 Å². The van der Waals surface area contributed by atoms with Crippen molar-refractivity contribution in [2.45, 2.75) is 18.7 Å². The van der Waals surface area contributed by atoms with Crippen molar-refractivity contribution in [2.75, 3.05) is 0 Å². The molecular weight excluding hydrogens is 208 g/mol. The van der Waals surface area contributed by atoms with Gasteiger partial charge in [0.05, 0.1) is 5.36 Å². The Morgan fingerprint density at radius 3 is 2.88 bits per heavy atom. The average molecular weight is 220 g/mol. The molecule has 0 saturated heterocycles. The predicted octanol–water partition coefficient (Wildman–Crippen LogP) is -1.41. The van der Waals surface area contributed by atoms with Crippen LogP contribution in [0, 0.1) is 0 Å². The van der Waals surface area contributed by atoms with Crippen molar-refractivity contribution in [3.63, 3.8) is 0 Å². The molecule has 0 bridgehead atoms. The van der Waals surface area contributed by atoms with E-state index in [-0.39, 0.29) is 6.42 Å². The van der Waals surface area contributed by atoms with Gasteiger partial charge < -0.3 is 15.9 Å². The summed E-state index contributed by atoms with van der Waals surface area (Å²) >= 11 is 0. The minimum Gasteiger partial charge on any atom is -0.480 e. The Labute approximate surface area is 91.5 Å². The van der Waals surface area contributed by atoms with E-state index in [0.717, 1.165) is 5.22 Å². The molecule has 4 N–H and O–H groups in total. The van der Waals surface area contributed by atoms with Crippen LogP contribution < -0.4 is 16.3 Å². The molecule has 0 fully saturated rings. The summed E-state index contributed by atoms with van der Waals surface area (Å²) in [7, 11) is 0. The molecular formula is C11H12N2O3. The molecule has 1 aliphatic rings. The molecule has 1 aromatic carbocycles. The Bertz CT molecular complexity index is 538. The number of hydrogen-bond donors (Lipinski definition) is 3. The smallest absolute Gasteiger partial charge is 0.320 e. The Kier molecular flexibility index (Phi) is 2.72. The van der Waals surface area contributed by atoms with Crippen molar-refractivity contribution >= 4 is 11.5 Å². The van der Waals surface area contributed by atoms with E-state index >= 15 is 0 Å².